The molecule has 0 bridgehead atoms. The first-order valence-electron chi connectivity index (χ1n) is 18.8. The van der Waals surface area contributed by atoms with Crippen LogP contribution in [-0.4, -0.2) is 21.8 Å². The summed E-state index contributed by atoms with van der Waals surface area (Å²) in [6.07, 6.45) is 22.0. The van der Waals surface area contributed by atoms with Crippen molar-refractivity contribution in [1.82, 2.24) is 0 Å². The third kappa shape index (κ3) is 10.3. The molecular formula is C47H74O3. The van der Waals surface area contributed by atoms with Gasteiger partial charge >= 0.3 is 5.97 Å². The van der Waals surface area contributed by atoms with Crippen molar-refractivity contribution in [3.05, 3.63) is 104 Å². The molecule has 2 atom stereocenters. The summed E-state index contributed by atoms with van der Waals surface area (Å²) in [7, 11) is 0. The summed E-state index contributed by atoms with van der Waals surface area (Å²) < 4.78 is 0. The van der Waals surface area contributed by atoms with Gasteiger partial charge in [-0.1, -0.05) is 98.8 Å². The number of carboxylic acids is 1. The Labute approximate surface area is 308 Å². The van der Waals surface area contributed by atoms with Gasteiger partial charge in [-0.05, 0) is 168 Å². The van der Waals surface area contributed by atoms with Gasteiger partial charge in [-0.25, -0.2) is 0 Å². The van der Waals surface area contributed by atoms with Crippen molar-refractivity contribution >= 4 is 5.97 Å². The van der Waals surface area contributed by atoms with Crippen LogP contribution < -0.4 is 0 Å². The van der Waals surface area contributed by atoms with E-state index in [-0.39, 0.29) is 12.8 Å². The number of hydrogen-bond donors (Lipinski definition) is 2. The first kappa shape index (κ1) is 45.1. The predicted molar refractivity (Wildman–Crippen MR) is 219 cm³/mol. The number of allylic oxidation sites excluding steroid dienone is 16. The Balaban J connectivity index is 5.34. The number of aliphatic hydroxyl groups is 1. The highest BCUT2D eigenvalue weighted by atomic mass is 16.4. The third-order valence-electron chi connectivity index (χ3n) is 10.7. The molecule has 0 radical (unpaired) electrons. The standard InChI is InChI=1S/C47H74O3/c1-33(2)17-19-41-42(20-18-34(3)4)46(43(48)49,31-25-39(13)14)47(50,32-26-40(15)16)45(29-23-37(9)10,30-24-38(11)12)44(41,27-21-35(5)6)28-22-36(7)8/h17-18,21-26,50H,19-20,27-32H2,1-16H3,(H,48,49). The van der Waals surface area contributed by atoms with Gasteiger partial charge < -0.3 is 10.2 Å². The summed E-state index contributed by atoms with van der Waals surface area (Å²) in [6, 6.07) is 0. The Morgan fingerprint density at radius 1 is 0.440 bits per heavy atom. The van der Waals surface area contributed by atoms with E-state index < -0.39 is 27.8 Å². The van der Waals surface area contributed by atoms with E-state index in [1.165, 1.54) is 33.4 Å². The number of aliphatic carboxylic acids is 1. The fraction of sp³-hybridized carbons (Fsp3) is 0.596. The molecule has 0 aromatic heterocycles. The molecule has 280 valence electrons. The zero-order valence-corrected chi connectivity index (χ0v) is 35.1. The number of hydrogen-bond acceptors (Lipinski definition) is 2. The molecule has 0 spiro atoms. The first-order chi connectivity index (χ1) is 23.0. The number of carbonyl (C=O) groups is 1. The smallest absolute Gasteiger partial charge is 0.317 e. The van der Waals surface area contributed by atoms with Crippen molar-refractivity contribution in [2.45, 2.75) is 168 Å². The van der Waals surface area contributed by atoms with Crippen LogP contribution in [0.2, 0.25) is 0 Å². The van der Waals surface area contributed by atoms with Gasteiger partial charge in [-0.2, -0.15) is 0 Å². The van der Waals surface area contributed by atoms with Crippen molar-refractivity contribution in [2.24, 2.45) is 16.2 Å². The molecule has 2 unspecified atom stereocenters. The topological polar surface area (TPSA) is 57.5 Å². The summed E-state index contributed by atoms with van der Waals surface area (Å²) >= 11 is 0. The van der Waals surface area contributed by atoms with Crippen LogP contribution >= 0.6 is 0 Å². The van der Waals surface area contributed by atoms with Crippen LogP contribution in [-0.2, 0) is 4.79 Å². The average Bonchev–Trinajstić information content (AvgIpc) is 2.98. The SMILES string of the molecule is CC(C)=CCC1=C(CC=C(C)C)C(CC=C(C)C)(C(=O)O)C(O)(CC=C(C)C)C(CC=C(C)C)(CC=C(C)C)C1(CC=C(C)C)CC=C(C)C. The van der Waals surface area contributed by atoms with Crippen LogP contribution in [0.3, 0.4) is 0 Å². The molecule has 0 aromatic carbocycles. The second-order valence-corrected chi connectivity index (χ2v) is 17.1. The van der Waals surface area contributed by atoms with Gasteiger partial charge in [0.05, 0.1) is 5.60 Å². The average molecular weight is 687 g/mol. The molecule has 50 heavy (non-hydrogen) atoms. The Morgan fingerprint density at radius 3 is 1.08 bits per heavy atom. The largest absolute Gasteiger partial charge is 0.480 e. The molecule has 0 heterocycles. The molecular weight excluding hydrogens is 613 g/mol. The molecule has 0 saturated heterocycles. The lowest BCUT2D eigenvalue weighted by Crippen LogP contribution is -2.71. The van der Waals surface area contributed by atoms with Crippen molar-refractivity contribution in [2.75, 3.05) is 0 Å². The van der Waals surface area contributed by atoms with Crippen molar-refractivity contribution < 1.29 is 15.0 Å². The maximum atomic E-state index is 14.7. The van der Waals surface area contributed by atoms with Crippen LogP contribution in [0, 0.1) is 16.2 Å². The van der Waals surface area contributed by atoms with E-state index in [9.17, 15) is 15.0 Å². The third-order valence-corrected chi connectivity index (χ3v) is 10.7. The fourth-order valence-corrected chi connectivity index (χ4v) is 7.93. The van der Waals surface area contributed by atoms with Gasteiger partial charge in [0.15, 0.2) is 0 Å². The van der Waals surface area contributed by atoms with Crippen molar-refractivity contribution in [3.63, 3.8) is 0 Å². The highest BCUT2D eigenvalue weighted by Gasteiger charge is 2.74. The van der Waals surface area contributed by atoms with Gasteiger partial charge in [0.1, 0.15) is 5.41 Å². The summed E-state index contributed by atoms with van der Waals surface area (Å²) in [5, 5.41) is 26.4. The molecule has 1 rings (SSSR count). The van der Waals surface area contributed by atoms with Crippen LogP contribution in [0.1, 0.15) is 162 Å². The quantitative estimate of drug-likeness (QED) is 0.150. The normalized spacial score (nSPS) is 20.5. The van der Waals surface area contributed by atoms with Gasteiger partial charge in [0.25, 0.3) is 0 Å². The predicted octanol–water partition coefficient (Wildman–Crippen LogP) is 13.9. The van der Waals surface area contributed by atoms with Crippen LogP contribution in [0.4, 0.5) is 0 Å². The van der Waals surface area contributed by atoms with Crippen LogP contribution in [0.25, 0.3) is 0 Å². The fourth-order valence-electron chi connectivity index (χ4n) is 7.93. The molecule has 2 N–H and O–H groups in total. The summed E-state index contributed by atoms with van der Waals surface area (Å²) in [4.78, 5) is 14.7. The molecule has 3 nitrogen and oxygen atoms in total. The Morgan fingerprint density at radius 2 is 0.740 bits per heavy atom. The highest BCUT2D eigenvalue weighted by molar-refractivity contribution is 5.83. The van der Waals surface area contributed by atoms with E-state index in [0.29, 0.717) is 38.5 Å². The van der Waals surface area contributed by atoms with Crippen molar-refractivity contribution in [3.8, 4) is 0 Å². The Hall–Kier alpha value is -2.91. The molecule has 1 aliphatic rings. The zero-order chi connectivity index (χ0) is 38.7. The lowest BCUT2D eigenvalue weighted by Gasteiger charge is -2.68. The minimum atomic E-state index is -1.67. The second-order valence-electron chi connectivity index (χ2n) is 17.1. The van der Waals surface area contributed by atoms with E-state index in [0.717, 1.165) is 22.3 Å². The molecule has 0 aliphatic heterocycles. The maximum absolute atomic E-state index is 14.7. The summed E-state index contributed by atoms with van der Waals surface area (Å²) in [5.74, 6) is -0.941. The van der Waals surface area contributed by atoms with Gasteiger partial charge in [0, 0.05) is 10.8 Å². The molecule has 3 heteroatoms. The first-order valence-corrected chi connectivity index (χ1v) is 18.8. The van der Waals surface area contributed by atoms with Gasteiger partial charge in [-0.3, -0.25) is 4.79 Å². The molecule has 1 aliphatic carbocycles. The summed E-state index contributed by atoms with van der Waals surface area (Å²) in [6.45, 7) is 33.7. The molecule has 0 fully saturated rings. The molecule has 0 saturated carbocycles. The van der Waals surface area contributed by atoms with E-state index in [1.807, 2.05) is 13.8 Å². The van der Waals surface area contributed by atoms with Crippen LogP contribution in [0.5, 0.6) is 0 Å². The van der Waals surface area contributed by atoms with E-state index in [2.05, 4.69) is 146 Å². The zero-order valence-electron chi connectivity index (χ0n) is 35.1. The number of rotatable bonds is 17. The van der Waals surface area contributed by atoms with Crippen molar-refractivity contribution in [1.29, 1.82) is 0 Å². The minimum Gasteiger partial charge on any atom is -0.480 e. The van der Waals surface area contributed by atoms with Crippen LogP contribution in [0.15, 0.2) is 104 Å². The highest BCUT2D eigenvalue weighted by Crippen LogP contribution is 2.73. The maximum Gasteiger partial charge on any atom is 0.317 e. The Bertz CT molecular complexity index is 1420. The Kier molecular flexibility index (Phi) is 17.2. The number of carboxylic acid groups (broad SMARTS) is 1. The lowest BCUT2D eigenvalue weighted by molar-refractivity contribution is -0.222. The minimum absolute atomic E-state index is 0.217. The van der Waals surface area contributed by atoms with E-state index in [1.54, 1.807) is 0 Å². The lowest BCUT2D eigenvalue weighted by atomic mass is 9.36. The molecule has 0 aromatic rings. The monoisotopic (exact) mass is 687 g/mol. The van der Waals surface area contributed by atoms with Gasteiger partial charge in [-0.15, -0.1) is 0 Å². The second kappa shape index (κ2) is 19.1. The molecule has 0 amide bonds. The summed E-state index contributed by atoms with van der Waals surface area (Å²) in [5.41, 5.74) is 6.53. The van der Waals surface area contributed by atoms with Gasteiger partial charge in [0.2, 0.25) is 0 Å². The van der Waals surface area contributed by atoms with E-state index >= 15 is 0 Å². The van der Waals surface area contributed by atoms with E-state index in [4.69, 9.17) is 0 Å².